The Labute approximate surface area is 135 Å². The first kappa shape index (κ1) is 15.2. The molecule has 3 heterocycles. The maximum absolute atomic E-state index is 4.51. The van der Waals surface area contributed by atoms with E-state index in [9.17, 15) is 0 Å². The van der Waals surface area contributed by atoms with E-state index in [0.717, 1.165) is 49.5 Å². The molecule has 0 saturated carbocycles. The van der Waals surface area contributed by atoms with Crippen molar-refractivity contribution >= 4 is 22.3 Å². The van der Waals surface area contributed by atoms with E-state index in [1.54, 1.807) is 11.3 Å². The lowest BCUT2D eigenvalue weighted by molar-refractivity contribution is 0.251. The van der Waals surface area contributed by atoms with E-state index in [1.807, 2.05) is 39.5 Å². The van der Waals surface area contributed by atoms with Gasteiger partial charge in [-0.2, -0.15) is 0 Å². The molecule has 7 heteroatoms. The number of anilines is 2. The molecule has 22 heavy (non-hydrogen) atoms. The summed E-state index contributed by atoms with van der Waals surface area (Å²) in [6, 6.07) is 2.00. The maximum Gasteiger partial charge on any atom is 0.185 e. The van der Waals surface area contributed by atoms with Crippen LogP contribution in [-0.4, -0.2) is 60.1 Å². The third kappa shape index (κ3) is 3.53. The SMILES string of the molecule is Cc1nccc(N2CCN(Cc3cnc(N(C)C)s3)CC2)n1. The van der Waals surface area contributed by atoms with Crippen molar-refractivity contribution in [3.8, 4) is 0 Å². The van der Waals surface area contributed by atoms with Crippen LogP contribution in [0.2, 0.25) is 0 Å². The highest BCUT2D eigenvalue weighted by molar-refractivity contribution is 7.15. The average Bonchev–Trinajstić information content (AvgIpc) is 2.97. The topological polar surface area (TPSA) is 48.4 Å². The van der Waals surface area contributed by atoms with Gasteiger partial charge in [0.05, 0.1) is 0 Å². The standard InChI is InChI=1S/C15H22N6S/c1-12-16-5-4-14(18-12)21-8-6-20(7-9-21)11-13-10-17-15(22-13)19(2)3/h4-5,10H,6-9,11H2,1-3H3. The molecule has 2 aromatic heterocycles. The molecule has 0 spiro atoms. The van der Waals surface area contributed by atoms with Crippen molar-refractivity contribution in [2.75, 3.05) is 50.1 Å². The lowest BCUT2D eigenvalue weighted by atomic mass is 10.3. The van der Waals surface area contributed by atoms with Crippen LogP contribution in [0.15, 0.2) is 18.5 Å². The molecule has 6 nitrogen and oxygen atoms in total. The molecule has 0 aromatic carbocycles. The fraction of sp³-hybridized carbons (Fsp3) is 0.533. The minimum atomic E-state index is 0.834. The molecule has 2 aromatic rings. The largest absolute Gasteiger partial charge is 0.354 e. The zero-order chi connectivity index (χ0) is 15.5. The molecular formula is C15H22N6S. The van der Waals surface area contributed by atoms with E-state index in [4.69, 9.17) is 0 Å². The lowest BCUT2D eigenvalue weighted by Gasteiger charge is -2.35. The summed E-state index contributed by atoms with van der Waals surface area (Å²) in [6.45, 7) is 7.05. The summed E-state index contributed by atoms with van der Waals surface area (Å²) in [6.07, 6.45) is 3.84. The summed E-state index contributed by atoms with van der Waals surface area (Å²) in [7, 11) is 4.07. The van der Waals surface area contributed by atoms with Crippen LogP contribution >= 0.6 is 11.3 Å². The number of nitrogens with zero attached hydrogens (tertiary/aromatic N) is 6. The lowest BCUT2D eigenvalue weighted by Crippen LogP contribution is -2.46. The average molecular weight is 318 g/mol. The van der Waals surface area contributed by atoms with Crippen LogP contribution in [0.4, 0.5) is 10.9 Å². The molecule has 0 amide bonds. The van der Waals surface area contributed by atoms with Crippen molar-refractivity contribution in [3.63, 3.8) is 0 Å². The van der Waals surface area contributed by atoms with Crippen molar-refractivity contribution in [1.29, 1.82) is 0 Å². The Kier molecular flexibility index (Phi) is 4.54. The smallest absolute Gasteiger partial charge is 0.185 e. The number of aryl methyl sites for hydroxylation is 1. The van der Waals surface area contributed by atoms with E-state index in [0.29, 0.717) is 0 Å². The van der Waals surface area contributed by atoms with E-state index in [1.165, 1.54) is 4.88 Å². The van der Waals surface area contributed by atoms with Gasteiger partial charge in [-0.1, -0.05) is 0 Å². The summed E-state index contributed by atoms with van der Waals surface area (Å²) in [5, 5.41) is 1.07. The minimum Gasteiger partial charge on any atom is -0.354 e. The zero-order valence-corrected chi connectivity index (χ0v) is 14.2. The number of hydrogen-bond acceptors (Lipinski definition) is 7. The fourth-order valence-electron chi connectivity index (χ4n) is 2.55. The van der Waals surface area contributed by atoms with Gasteiger partial charge in [-0.3, -0.25) is 4.90 Å². The van der Waals surface area contributed by atoms with Gasteiger partial charge in [0.1, 0.15) is 11.6 Å². The summed E-state index contributed by atoms with van der Waals surface area (Å²) in [4.78, 5) is 21.3. The first-order valence-corrected chi connectivity index (χ1v) is 8.32. The van der Waals surface area contributed by atoms with E-state index >= 15 is 0 Å². The molecule has 0 aliphatic carbocycles. The van der Waals surface area contributed by atoms with Crippen molar-refractivity contribution in [3.05, 3.63) is 29.2 Å². The van der Waals surface area contributed by atoms with E-state index in [2.05, 4.69) is 29.7 Å². The van der Waals surface area contributed by atoms with Gasteiger partial charge in [-0.15, -0.1) is 11.3 Å². The molecule has 1 aliphatic heterocycles. The van der Waals surface area contributed by atoms with Crippen LogP contribution in [0.5, 0.6) is 0 Å². The Morgan fingerprint density at radius 3 is 2.59 bits per heavy atom. The van der Waals surface area contributed by atoms with Crippen molar-refractivity contribution in [1.82, 2.24) is 19.9 Å². The van der Waals surface area contributed by atoms with Crippen molar-refractivity contribution < 1.29 is 0 Å². The van der Waals surface area contributed by atoms with Crippen LogP contribution in [0, 0.1) is 6.92 Å². The van der Waals surface area contributed by atoms with Crippen LogP contribution in [0.25, 0.3) is 0 Å². The minimum absolute atomic E-state index is 0.834. The van der Waals surface area contributed by atoms with E-state index < -0.39 is 0 Å². The van der Waals surface area contributed by atoms with Gasteiger partial charge in [0.15, 0.2) is 5.13 Å². The highest BCUT2D eigenvalue weighted by Gasteiger charge is 2.19. The van der Waals surface area contributed by atoms with Crippen molar-refractivity contribution in [2.24, 2.45) is 0 Å². The fourth-order valence-corrected chi connectivity index (χ4v) is 3.43. The van der Waals surface area contributed by atoms with Gasteiger partial charge in [-0.25, -0.2) is 15.0 Å². The summed E-state index contributed by atoms with van der Waals surface area (Å²) in [5.41, 5.74) is 0. The Morgan fingerprint density at radius 1 is 1.18 bits per heavy atom. The monoisotopic (exact) mass is 318 g/mol. The summed E-state index contributed by atoms with van der Waals surface area (Å²) in [5.74, 6) is 1.88. The number of thiazole rings is 1. The predicted molar refractivity (Wildman–Crippen MR) is 90.7 cm³/mol. The highest BCUT2D eigenvalue weighted by Crippen LogP contribution is 2.22. The second kappa shape index (κ2) is 6.58. The Hall–Kier alpha value is -1.73. The number of piperazine rings is 1. The molecule has 1 fully saturated rings. The first-order valence-electron chi connectivity index (χ1n) is 7.51. The highest BCUT2D eigenvalue weighted by atomic mass is 32.1. The predicted octanol–water partition coefficient (Wildman–Crippen LogP) is 1.63. The second-order valence-corrected chi connectivity index (χ2v) is 6.82. The molecule has 118 valence electrons. The number of hydrogen-bond donors (Lipinski definition) is 0. The van der Waals surface area contributed by atoms with Crippen molar-refractivity contribution in [2.45, 2.75) is 13.5 Å². The summed E-state index contributed by atoms with van der Waals surface area (Å²) >= 11 is 1.77. The van der Waals surface area contributed by atoms with Gasteiger partial charge in [-0.05, 0) is 13.0 Å². The van der Waals surface area contributed by atoms with Gasteiger partial charge >= 0.3 is 0 Å². The third-order valence-electron chi connectivity index (χ3n) is 3.76. The quantitative estimate of drug-likeness (QED) is 0.854. The molecule has 1 saturated heterocycles. The molecule has 0 unspecified atom stereocenters. The maximum atomic E-state index is 4.51. The zero-order valence-electron chi connectivity index (χ0n) is 13.4. The van der Waals surface area contributed by atoms with Crippen LogP contribution in [0.1, 0.15) is 10.7 Å². The van der Waals surface area contributed by atoms with Crippen LogP contribution in [-0.2, 0) is 6.54 Å². The van der Waals surface area contributed by atoms with Crippen LogP contribution < -0.4 is 9.80 Å². The Morgan fingerprint density at radius 2 is 1.95 bits per heavy atom. The molecule has 0 bridgehead atoms. The molecular weight excluding hydrogens is 296 g/mol. The van der Waals surface area contributed by atoms with Gasteiger partial charge < -0.3 is 9.80 Å². The van der Waals surface area contributed by atoms with Crippen LogP contribution in [0.3, 0.4) is 0 Å². The molecule has 3 rings (SSSR count). The van der Waals surface area contributed by atoms with Gasteiger partial charge in [0.2, 0.25) is 0 Å². The molecule has 0 N–H and O–H groups in total. The van der Waals surface area contributed by atoms with E-state index in [-0.39, 0.29) is 0 Å². The Balaban J connectivity index is 1.55. The van der Waals surface area contributed by atoms with Gasteiger partial charge in [0, 0.05) is 64.1 Å². The number of rotatable bonds is 4. The number of aromatic nitrogens is 3. The normalized spacial score (nSPS) is 16.0. The third-order valence-corrected chi connectivity index (χ3v) is 4.91. The molecule has 0 atom stereocenters. The second-order valence-electron chi connectivity index (χ2n) is 5.73. The first-order chi connectivity index (χ1) is 10.6. The molecule has 1 aliphatic rings. The Bertz CT molecular complexity index is 618. The van der Waals surface area contributed by atoms with Gasteiger partial charge in [0.25, 0.3) is 0 Å². The summed E-state index contributed by atoms with van der Waals surface area (Å²) < 4.78 is 0. The molecule has 0 radical (unpaired) electrons.